The minimum atomic E-state index is -0.619. The van der Waals surface area contributed by atoms with Crippen molar-refractivity contribution >= 4 is 34.7 Å². The van der Waals surface area contributed by atoms with Gasteiger partial charge in [0.05, 0.1) is 0 Å². The van der Waals surface area contributed by atoms with E-state index in [1.807, 2.05) is 0 Å². The Kier molecular flexibility index (Phi) is 4.60. The van der Waals surface area contributed by atoms with Crippen LogP contribution in [0, 0.1) is 17.8 Å². The molecule has 1 nitrogen and oxygen atoms in total. The van der Waals surface area contributed by atoms with Gasteiger partial charge < -0.3 is 4.57 Å². The van der Waals surface area contributed by atoms with Crippen molar-refractivity contribution in [1.82, 2.24) is 4.57 Å². The topological polar surface area (TPSA) is 4.93 Å². The van der Waals surface area contributed by atoms with Crippen molar-refractivity contribution in [2.45, 2.75) is 43.9 Å². The minimum Gasteiger partial charge on any atom is -0.346 e. The first-order valence-corrected chi connectivity index (χ1v) is 14.0. The van der Waals surface area contributed by atoms with Crippen LogP contribution >= 0.6 is 7.92 Å². The summed E-state index contributed by atoms with van der Waals surface area (Å²) in [5.74, 6) is 2.84. The highest BCUT2D eigenvalue weighted by atomic mass is 31.1. The van der Waals surface area contributed by atoms with Crippen molar-refractivity contribution in [3.8, 4) is 0 Å². The van der Waals surface area contributed by atoms with Crippen molar-refractivity contribution in [2.75, 3.05) is 0 Å². The van der Waals surface area contributed by atoms with Gasteiger partial charge in [-0.1, -0.05) is 78.9 Å². The molecule has 3 aromatic carbocycles. The van der Waals surface area contributed by atoms with Gasteiger partial charge in [-0.25, -0.2) is 0 Å². The minimum absolute atomic E-state index is 0.363. The molecule has 0 N–H and O–H groups in total. The Hall–Kier alpha value is -2.37. The molecule has 0 aliphatic heterocycles. The van der Waals surface area contributed by atoms with Gasteiger partial charge in [0.15, 0.2) is 0 Å². The molecule has 2 heteroatoms. The van der Waals surface area contributed by atoms with E-state index in [1.165, 1.54) is 60.0 Å². The summed E-state index contributed by atoms with van der Waals surface area (Å²) in [4.78, 5) is 0. The van der Waals surface area contributed by atoms with Crippen molar-refractivity contribution in [2.24, 2.45) is 24.8 Å². The zero-order valence-electron chi connectivity index (χ0n) is 19.5. The largest absolute Gasteiger partial charge is 0.346 e. The third-order valence-corrected chi connectivity index (χ3v) is 11.4. The lowest BCUT2D eigenvalue weighted by Crippen LogP contribution is -2.51. The van der Waals surface area contributed by atoms with Gasteiger partial charge in [0.2, 0.25) is 0 Å². The van der Waals surface area contributed by atoms with Crippen LogP contribution < -0.4 is 15.9 Å². The normalized spacial score (nSPS) is 28.1. The molecule has 4 saturated carbocycles. The SMILES string of the molecule is Cn1c(C23CC4CC(CC(C4)C2)C3)c(P(c2ccccc2)c2ccccc2)c2ccccc21. The van der Waals surface area contributed by atoms with Gasteiger partial charge in [-0.2, -0.15) is 0 Å². The Labute approximate surface area is 198 Å². The predicted molar refractivity (Wildman–Crippen MR) is 141 cm³/mol. The summed E-state index contributed by atoms with van der Waals surface area (Å²) in [6, 6.07) is 31.9. The van der Waals surface area contributed by atoms with Gasteiger partial charge in [-0.05, 0) is 80.9 Å². The molecular formula is C31H32NP. The first kappa shape index (κ1) is 20.0. The molecular weight excluding hydrogens is 417 g/mol. The fourth-order valence-corrected chi connectivity index (χ4v) is 11.0. The van der Waals surface area contributed by atoms with E-state index in [1.54, 1.807) is 11.0 Å². The van der Waals surface area contributed by atoms with Crippen LogP contribution in [0.15, 0.2) is 84.9 Å². The molecule has 1 heterocycles. The molecule has 8 rings (SSSR count). The quantitative estimate of drug-likeness (QED) is 0.318. The summed E-state index contributed by atoms with van der Waals surface area (Å²) in [5.41, 5.74) is 3.46. The van der Waals surface area contributed by atoms with E-state index >= 15 is 0 Å². The van der Waals surface area contributed by atoms with Crippen molar-refractivity contribution in [3.05, 3.63) is 90.6 Å². The van der Waals surface area contributed by atoms with Gasteiger partial charge in [0, 0.05) is 34.4 Å². The number of rotatable bonds is 4. The van der Waals surface area contributed by atoms with E-state index in [9.17, 15) is 0 Å². The Morgan fingerprint density at radius 1 is 0.667 bits per heavy atom. The molecule has 166 valence electrons. The van der Waals surface area contributed by atoms with Gasteiger partial charge in [-0.15, -0.1) is 0 Å². The van der Waals surface area contributed by atoms with Crippen LogP contribution in [0.3, 0.4) is 0 Å². The third kappa shape index (κ3) is 3.08. The Balaban J connectivity index is 1.53. The summed E-state index contributed by atoms with van der Waals surface area (Å²) in [6.07, 6.45) is 8.69. The van der Waals surface area contributed by atoms with E-state index in [0.717, 1.165) is 17.8 Å². The summed E-state index contributed by atoms with van der Waals surface area (Å²) < 4.78 is 2.62. The number of benzene rings is 3. The Morgan fingerprint density at radius 3 is 1.70 bits per heavy atom. The van der Waals surface area contributed by atoms with E-state index < -0.39 is 7.92 Å². The van der Waals surface area contributed by atoms with Gasteiger partial charge in [0.25, 0.3) is 0 Å². The van der Waals surface area contributed by atoms with E-state index in [4.69, 9.17) is 0 Å². The molecule has 4 bridgehead atoms. The number of hydrogen-bond acceptors (Lipinski definition) is 0. The molecule has 4 aromatic rings. The summed E-state index contributed by atoms with van der Waals surface area (Å²) >= 11 is 0. The first-order chi connectivity index (χ1) is 16.2. The van der Waals surface area contributed by atoms with Crippen molar-refractivity contribution in [3.63, 3.8) is 0 Å². The number of aryl methyl sites for hydroxylation is 1. The highest BCUT2D eigenvalue weighted by Gasteiger charge is 2.54. The van der Waals surface area contributed by atoms with Gasteiger partial charge in [0.1, 0.15) is 0 Å². The van der Waals surface area contributed by atoms with Crippen molar-refractivity contribution in [1.29, 1.82) is 0 Å². The maximum Gasteiger partial charge on any atom is 0.0486 e. The maximum absolute atomic E-state index is 2.62. The average molecular weight is 450 g/mol. The van der Waals surface area contributed by atoms with E-state index in [0.29, 0.717) is 5.41 Å². The number of aromatic nitrogens is 1. The summed E-state index contributed by atoms with van der Waals surface area (Å²) in [5, 5.41) is 6.06. The molecule has 0 unspecified atom stereocenters. The highest BCUT2D eigenvalue weighted by Crippen LogP contribution is 2.61. The van der Waals surface area contributed by atoms with Crippen molar-refractivity contribution < 1.29 is 0 Å². The Bertz CT molecular complexity index is 1230. The van der Waals surface area contributed by atoms with E-state index in [-0.39, 0.29) is 0 Å². The lowest BCUT2D eigenvalue weighted by Gasteiger charge is -2.57. The first-order valence-electron chi connectivity index (χ1n) is 12.7. The second kappa shape index (κ2) is 7.57. The molecule has 0 amide bonds. The fraction of sp³-hybridized carbons (Fsp3) is 0.355. The van der Waals surface area contributed by atoms with Crippen LogP contribution in [0.1, 0.15) is 44.2 Å². The van der Waals surface area contributed by atoms with Crippen LogP contribution in [-0.4, -0.2) is 4.57 Å². The molecule has 4 fully saturated rings. The van der Waals surface area contributed by atoms with E-state index in [2.05, 4.69) is 96.5 Å². The number of fused-ring (bicyclic) bond motifs is 1. The predicted octanol–water partition coefficient (Wildman–Crippen LogP) is 6.40. The molecule has 4 aliphatic carbocycles. The molecule has 33 heavy (non-hydrogen) atoms. The smallest absolute Gasteiger partial charge is 0.0486 e. The third-order valence-electron chi connectivity index (χ3n) is 8.87. The Morgan fingerprint density at radius 2 is 1.15 bits per heavy atom. The zero-order valence-corrected chi connectivity index (χ0v) is 20.3. The van der Waals surface area contributed by atoms with Crippen LogP contribution in [0.2, 0.25) is 0 Å². The lowest BCUT2D eigenvalue weighted by molar-refractivity contribution is -0.00774. The fourth-order valence-electron chi connectivity index (χ4n) is 8.17. The second-order valence-electron chi connectivity index (χ2n) is 11.0. The summed E-state index contributed by atoms with van der Waals surface area (Å²) in [7, 11) is 1.75. The second-order valence-corrected chi connectivity index (χ2v) is 13.1. The molecule has 4 aliphatic rings. The molecule has 0 saturated heterocycles. The van der Waals surface area contributed by atoms with Gasteiger partial charge >= 0.3 is 0 Å². The molecule has 0 radical (unpaired) electrons. The monoisotopic (exact) mass is 449 g/mol. The van der Waals surface area contributed by atoms with Crippen LogP contribution in [-0.2, 0) is 12.5 Å². The molecule has 0 atom stereocenters. The average Bonchev–Trinajstić information content (AvgIpc) is 3.13. The standard InChI is InChI=1S/C31H32NP/c1-32-28-15-9-8-14-27(28)29(30(32)31-19-22-16-23(20-31)18-24(17-22)21-31)33(25-10-4-2-5-11-25)26-12-6-3-7-13-26/h2-15,22-24H,16-21H2,1H3. The van der Waals surface area contributed by atoms with Crippen LogP contribution in [0.25, 0.3) is 10.9 Å². The molecule has 1 aromatic heterocycles. The maximum atomic E-state index is 2.62. The highest BCUT2D eigenvalue weighted by molar-refractivity contribution is 7.80. The number of hydrogen-bond donors (Lipinski definition) is 0. The summed E-state index contributed by atoms with van der Waals surface area (Å²) in [6.45, 7) is 0. The number of nitrogens with zero attached hydrogens (tertiary/aromatic N) is 1. The molecule has 0 spiro atoms. The van der Waals surface area contributed by atoms with Crippen LogP contribution in [0.5, 0.6) is 0 Å². The van der Waals surface area contributed by atoms with Crippen LogP contribution in [0.4, 0.5) is 0 Å². The zero-order chi connectivity index (χ0) is 22.0. The van der Waals surface area contributed by atoms with Gasteiger partial charge in [-0.3, -0.25) is 0 Å². The lowest BCUT2D eigenvalue weighted by atomic mass is 9.49. The number of para-hydroxylation sites is 1.